The molecule has 0 aliphatic carbocycles. The number of nitrogens with zero attached hydrogens (tertiary/aromatic N) is 2. The predicted molar refractivity (Wildman–Crippen MR) is 95.1 cm³/mol. The van der Waals surface area contributed by atoms with Gasteiger partial charge in [-0.25, -0.2) is 8.42 Å². The maximum absolute atomic E-state index is 12.2. The van der Waals surface area contributed by atoms with Crippen LogP contribution < -0.4 is 9.62 Å². The fourth-order valence-electron chi connectivity index (χ4n) is 2.21. The third kappa shape index (κ3) is 5.01. The molecule has 0 heterocycles. The summed E-state index contributed by atoms with van der Waals surface area (Å²) in [5.74, 6) is -0.604. The summed E-state index contributed by atoms with van der Waals surface area (Å²) < 4.78 is 25.0. The molecule has 0 radical (unpaired) electrons. The summed E-state index contributed by atoms with van der Waals surface area (Å²) in [6, 6.07) is 12.2. The van der Waals surface area contributed by atoms with Crippen molar-refractivity contribution in [2.75, 3.05) is 22.4 Å². The van der Waals surface area contributed by atoms with Crippen molar-refractivity contribution in [3.05, 3.63) is 64.2 Å². The van der Waals surface area contributed by atoms with E-state index in [1.54, 1.807) is 18.2 Å². The van der Waals surface area contributed by atoms with Crippen molar-refractivity contribution in [3.63, 3.8) is 0 Å². The lowest BCUT2D eigenvalue weighted by Gasteiger charge is -2.22. The molecule has 0 aliphatic rings. The number of rotatable bonds is 6. The minimum atomic E-state index is -3.68. The Hall–Kier alpha value is -2.94. The Morgan fingerprint density at radius 3 is 2.48 bits per heavy atom. The second-order valence-electron chi connectivity index (χ2n) is 5.46. The van der Waals surface area contributed by atoms with Crippen LogP contribution in [0, 0.1) is 17.0 Å². The molecule has 0 fully saturated rings. The second-order valence-corrected chi connectivity index (χ2v) is 7.37. The van der Waals surface area contributed by atoms with Crippen LogP contribution in [0.25, 0.3) is 0 Å². The van der Waals surface area contributed by atoms with E-state index in [0.717, 1.165) is 16.1 Å². The smallest absolute Gasteiger partial charge is 0.271 e. The molecule has 9 heteroatoms. The lowest BCUT2D eigenvalue weighted by Crippen LogP contribution is -2.37. The van der Waals surface area contributed by atoms with Crippen molar-refractivity contribution in [3.8, 4) is 0 Å². The summed E-state index contributed by atoms with van der Waals surface area (Å²) in [5, 5.41) is 13.2. The average Bonchev–Trinajstić information content (AvgIpc) is 2.51. The van der Waals surface area contributed by atoms with Gasteiger partial charge in [-0.15, -0.1) is 0 Å². The number of anilines is 2. The third-order valence-electron chi connectivity index (χ3n) is 3.32. The minimum absolute atomic E-state index is 0.170. The monoisotopic (exact) mass is 363 g/mol. The number of hydrogen-bond acceptors (Lipinski definition) is 5. The van der Waals surface area contributed by atoms with Gasteiger partial charge in [0.15, 0.2) is 0 Å². The van der Waals surface area contributed by atoms with Crippen molar-refractivity contribution < 1.29 is 18.1 Å². The fraction of sp³-hybridized carbons (Fsp3) is 0.188. The molecular weight excluding hydrogens is 346 g/mol. The number of sulfonamides is 1. The third-order valence-corrected chi connectivity index (χ3v) is 4.46. The average molecular weight is 363 g/mol. The van der Waals surface area contributed by atoms with Gasteiger partial charge in [-0.2, -0.15) is 0 Å². The van der Waals surface area contributed by atoms with Gasteiger partial charge in [-0.1, -0.05) is 18.2 Å². The van der Waals surface area contributed by atoms with Crippen molar-refractivity contribution in [2.45, 2.75) is 6.92 Å². The van der Waals surface area contributed by atoms with Crippen LogP contribution in [0.1, 0.15) is 5.56 Å². The molecule has 2 rings (SSSR count). The Kier molecular flexibility index (Phi) is 5.38. The number of carbonyl (C=O) groups is 1. The Labute approximate surface area is 145 Å². The van der Waals surface area contributed by atoms with Crippen molar-refractivity contribution in [2.24, 2.45) is 0 Å². The van der Waals surface area contributed by atoms with Crippen LogP contribution in [-0.4, -0.2) is 32.0 Å². The van der Waals surface area contributed by atoms with E-state index < -0.39 is 27.4 Å². The van der Waals surface area contributed by atoms with E-state index in [1.165, 1.54) is 24.3 Å². The van der Waals surface area contributed by atoms with Gasteiger partial charge in [-0.3, -0.25) is 19.2 Å². The molecule has 25 heavy (non-hydrogen) atoms. The first-order valence-electron chi connectivity index (χ1n) is 7.25. The Bertz CT molecular complexity index is 911. The Morgan fingerprint density at radius 1 is 1.20 bits per heavy atom. The van der Waals surface area contributed by atoms with Gasteiger partial charge in [0.05, 0.1) is 16.9 Å². The topological polar surface area (TPSA) is 110 Å². The van der Waals surface area contributed by atoms with Crippen molar-refractivity contribution in [1.29, 1.82) is 0 Å². The normalized spacial score (nSPS) is 11.0. The highest BCUT2D eigenvalue weighted by Gasteiger charge is 2.21. The number of non-ortho nitro benzene ring substituents is 1. The van der Waals surface area contributed by atoms with Gasteiger partial charge < -0.3 is 5.32 Å². The van der Waals surface area contributed by atoms with Gasteiger partial charge in [0, 0.05) is 17.8 Å². The highest BCUT2D eigenvalue weighted by atomic mass is 32.2. The van der Waals surface area contributed by atoms with Gasteiger partial charge in [0.2, 0.25) is 15.9 Å². The van der Waals surface area contributed by atoms with Gasteiger partial charge >= 0.3 is 0 Å². The largest absolute Gasteiger partial charge is 0.324 e. The number of hydrogen-bond donors (Lipinski definition) is 1. The molecule has 2 aromatic rings. The Morgan fingerprint density at radius 2 is 1.88 bits per heavy atom. The molecule has 0 aliphatic heterocycles. The zero-order valence-corrected chi connectivity index (χ0v) is 14.5. The molecule has 1 amide bonds. The van der Waals surface area contributed by atoms with E-state index in [4.69, 9.17) is 0 Å². The molecule has 132 valence electrons. The van der Waals surface area contributed by atoms with Crippen molar-refractivity contribution >= 4 is 33.0 Å². The van der Waals surface area contributed by atoms with E-state index in [-0.39, 0.29) is 11.4 Å². The van der Waals surface area contributed by atoms with Crippen LogP contribution in [0.5, 0.6) is 0 Å². The van der Waals surface area contributed by atoms with Crippen LogP contribution >= 0.6 is 0 Å². The molecule has 0 saturated heterocycles. The number of benzene rings is 2. The molecule has 0 spiro atoms. The summed E-state index contributed by atoms with van der Waals surface area (Å²) in [5.41, 5.74) is 1.27. The summed E-state index contributed by atoms with van der Waals surface area (Å²) in [6.07, 6.45) is 1.01. The number of nitrogens with one attached hydrogen (secondary N) is 1. The number of nitro benzene ring substituents is 1. The SMILES string of the molecule is Cc1cccc(N(CC(=O)Nc2cccc([N+](=O)[O-])c2)S(C)(=O)=O)c1. The first-order valence-corrected chi connectivity index (χ1v) is 9.10. The Balaban J connectivity index is 2.21. The lowest BCUT2D eigenvalue weighted by molar-refractivity contribution is -0.384. The highest BCUT2D eigenvalue weighted by molar-refractivity contribution is 7.92. The number of carbonyl (C=O) groups excluding carboxylic acids is 1. The van der Waals surface area contributed by atoms with E-state index >= 15 is 0 Å². The molecule has 0 atom stereocenters. The van der Waals surface area contributed by atoms with E-state index in [0.29, 0.717) is 5.69 Å². The summed E-state index contributed by atoms with van der Waals surface area (Å²) in [7, 11) is -3.68. The maximum Gasteiger partial charge on any atom is 0.271 e. The molecule has 0 saturated carbocycles. The predicted octanol–water partition coefficient (Wildman–Crippen LogP) is 2.31. The summed E-state index contributed by atoms with van der Waals surface area (Å²) >= 11 is 0. The zero-order valence-electron chi connectivity index (χ0n) is 13.7. The molecule has 2 aromatic carbocycles. The molecule has 8 nitrogen and oxygen atoms in total. The minimum Gasteiger partial charge on any atom is -0.324 e. The van der Waals surface area contributed by atoms with Crippen LogP contribution in [0.2, 0.25) is 0 Å². The first-order chi connectivity index (χ1) is 11.7. The molecular formula is C16H17N3O5S. The van der Waals surface area contributed by atoms with Crippen LogP contribution in [0.4, 0.5) is 17.1 Å². The summed E-state index contributed by atoms with van der Waals surface area (Å²) in [6.45, 7) is 1.37. The summed E-state index contributed by atoms with van der Waals surface area (Å²) in [4.78, 5) is 22.4. The quantitative estimate of drug-likeness (QED) is 0.625. The lowest BCUT2D eigenvalue weighted by atomic mass is 10.2. The fourth-order valence-corrected chi connectivity index (χ4v) is 3.06. The van der Waals surface area contributed by atoms with Gasteiger partial charge in [0.25, 0.3) is 5.69 Å². The van der Waals surface area contributed by atoms with Crippen LogP contribution in [0.15, 0.2) is 48.5 Å². The highest BCUT2D eigenvalue weighted by Crippen LogP contribution is 2.20. The van der Waals surface area contributed by atoms with Crippen LogP contribution in [-0.2, 0) is 14.8 Å². The number of aryl methyl sites for hydroxylation is 1. The number of amides is 1. The van der Waals surface area contributed by atoms with E-state index in [2.05, 4.69) is 5.32 Å². The second kappa shape index (κ2) is 7.31. The van der Waals surface area contributed by atoms with Crippen LogP contribution in [0.3, 0.4) is 0 Å². The maximum atomic E-state index is 12.2. The van der Waals surface area contributed by atoms with Crippen molar-refractivity contribution in [1.82, 2.24) is 0 Å². The van der Waals surface area contributed by atoms with Gasteiger partial charge in [0.1, 0.15) is 6.54 Å². The molecule has 1 N–H and O–H groups in total. The molecule has 0 unspecified atom stereocenters. The number of nitro groups is 1. The molecule has 0 bridgehead atoms. The standard InChI is InChI=1S/C16H17N3O5S/c1-12-5-3-7-14(9-12)18(25(2,23)24)11-16(20)17-13-6-4-8-15(10-13)19(21)22/h3-10H,11H2,1-2H3,(H,17,20). The first kappa shape index (κ1) is 18.4. The zero-order chi connectivity index (χ0) is 18.6. The molecule has 0 aromatic heterocycles. The van der Waals surface area contributed by atoms with Gasteiger partial charge in [-0.05, 0) is 30.7 Å². The van der Waals surface area contributed by atoms with E-state index in [1.807, 2.05) is 13.0 Å². The van der Waals surface area contributed by atoms with E-state index in [9.17, 15) is 23.3 Å².